The van der Waals surface area contributed by atoms with Gasteiger partial charge in [0.2, 0.25) is 0 Å². The minimum Gasteiger partial charge on any atom is -0.693 e. The fourth-order valence-electron chi connectivity index (χ4n) is 0. The van der Waals surface area contributed by atoms with Crippen molar-refractivity contribution in [1.29, 1.82) is 0 Å². The molecule has 0 heterocycles. The van der Waals surface area contributed by atoms with Gasteiger partial charge in [-0.25, -0.2) is 0 Å². The van der Waals surface area contributed by atoms with E-state index >= 15 is 0 Å². The second-order valence-corrected chi connectivity index (χ2v) is 1.15. The van der Waals surface area contributed by atoms with E-state index in [2.05, 4.69) is 0 Å². The molecule has 2 N–H and O–H groups in total. The normalized spacial score (nSPS) is 4.50. The fraction of sp³-hybridized carbons (Fsp3) is 0.667. The first kappa shape index (κ1) is 22.6. The molecule has 0 radical (unpaired) electrons. The third-order valence-electron chi connectivity index (χ3n) is 0. The van der Waals surface area contributed by atoms with E-state index in [1.165, 1.54) is 0 Å². The molecule has 0 aliphatic heterocycles. The number of hydrogen-bond acceptors (Lipinski definition) is 0. The van der Waals surface area contributed by atoms with E-state index < -0.39 is 0 Å². The van der Waals surface area contributed by atoms with Crippen LogP contribution in [0.3, 0.4) is 0 Å². The van der Waals surface area contributed by atoms with E-state index in [1.54, 1.807) is 0 Å². The van der Waals surface area contributed by atoms with E-state index in [0.717, 1.165) is 0 Å². The Kier molecular flexibility index (Phi) is 109. The first-order chi connectivity index (χ1) is 2.83. The molecular formula is C6H16KN-2. The first-order valence-corrected chi connectivity index (χ1v) is 2.31. The molecule has 0 saturated heterocycles. The van der Waals surface area contributed by atoms with Crippen LogP contribution in [0.4, 0.5) is 0 Å². The molecule has 0 bridgehead atoms. The molecule has 0 aromatic heterocycles. The molecule has 0 aliphatic carbocycles. The summed E-state index contributed by atoms with van der Waals surface area (Å²) in [4.78, 5) is 0. The van der Waals surface area contributed by atoms with Crippen LogP contribution in [0.2, 0.25) is 0 Å². The largest absolute Gasteiger partial charge is 1.00 e. The van der Waals surface area contributed by atoms with Crippen LogP contribution in [-0.2, 0) is 0 Å². The molecule has 1 nitrogen and oxygen atoms in total. The van der Waals surface area contributed by atoms with Gasteiger partial charge in [0, 0.05) is 0 Å². The van der Waals surface area contributed by atoms with Crippen molar-refractivity contribution in [2.75, 3.05) is 0 Å². The molecule has 2 heteroatoms. The smallest absolute Gasteiger partial charge is 0.693 e. The Morgan fingerprint density at radius 3 is 0.750 bits per heavy atom. The van der Waals surface area contributed by atoms with Crippen molar-refractivity contribution in [2.45, 2.75) is 27.7 Å². The molecule has 0 aromatic rings. The standard InChI is InChI=1S/2C3H7.K.H2N/c2*1-3-2;;/h2*3H,1-2H3;;1H2/q2*-1;+1;-1. The maximum atomic E-state index is 2.00. The van der Waals surface area contributed by atoms with Crippen LogP contribution in [0.25, 0.3) is 6.15 Å². The van der Waals surface area contributed by atoms with Crippen molar-refractivity contribution in [2.24, 2.45) is 0 Å². The SMILES string of the molecule is C[CH-]C.C[CH-]C.[K+].[NH2-]. The number of hydrogen-bond donors (Lipinski definition) is 0. The Balaban J connectivity index is -0.0000000160. The van der Waals surface area contributed by atoms with Crippen LogP contribution in [0.1, 0.15) is 27.7 Å². The number of rotatable bonds is 0. The Morgan fingerprint density at radius 1 is 0.750 bits per heavy atom. The number of nitrogens with two attached hydrogens (primary N) is 1. The topological polar surface area (TPSA) is 33.5 Å². The zero-order valence-corrected chi connectivity index (χ0v) is 9.86. The van der Waals surface area contributed by atoms with Gasteiger partial charge >= 0.3 is 51.4 Å². The Morgan fingerprint density at radius 2 is 0.750 bits per heavy atom. The molecule has 0 spiro atoms. The molecule has 0 amide bonds. The zero-order valence-electron chi connectivity index (χ0n) is 6.73. The molecule has 8 heavy (non-hydrogen) atoms. The molecule has 0 atom stereocenters. The monoisotopic (exact) mass is 141 g/mol. The van der Waals surface area contributed by atoms with Crippen molar-refractivity contribution in [3.8, 4) is 0 Å². The maximum absolute atomic E-state index is 2.00. The minimum atomic E-state index is 0. The summed E-state index contributed by atoms with van der Waals surface area (Å²) in [7, 11) is 0. The van der Waals surface area contributed by atoms with Crippen LogP contribution in [0.5, 0.6) is 0 Å². The summed E-state index contributed by atoms with van der Waals surface area (Å²) < 4.78 is 0. The Hall–Kier alpha value is 1.60. The van der Waals surface area contributed by atoms with Crippen LogP contribution in [0, 0.1) is 12.8 Å². The van der Waals surface area contributed by atoms with Crippen molar-refractivity contribution in [3.63, 3.8) is 0 Å². The second-order valence-electron chi connectivity index (χ2n) is 1.15. The summed E-state index contributed by atoms with van der Waals surface area (Å²) in [6, 6.07) is 0. The molecule has 0 fully saturated rings. The third kappa shape index (κ3) is 130. The average molecular weight is 141 g/mol. The molecule has 0 saturated carbocycles. The van der Waals surface area contributed by atoms with Gasteiger partial charge in [-0.1, -0.05) is 0 Å². The van der Waals surface area contributed by atoms with E-state index in [-0.39, 0.29) is 57.5 Å². The molecular weight excluding hydrogens is 125 g/mol. The Labute approximate surface area is 96.6 Å². The van der Waals surface area contributed by atoms with Crippen molar-refractivity contribution in [1.82, 2.24) is 0 Å². The van der Waals surface area contributed by atoms with E-state index in [0.29, 0.717) is 0 Å². The van der Waals surface area contributed by atoms with Crippen LogP contribution < -0.4 is 51.4 Å². The minimum absolute atomic E-state index is 0. The quantitative estimate of drug-likeness (QED) is 0.341. The van der Waals surface area contributed by atoms with Crippen molar-refractivity contribution >= 4 is 0 Å². The second kappa shape index (κ2) is 38.4. The van der Waals surface area contributed by atoms with Gasteiger partial charge in [-0.15, -0.1) is 0 Å². The summed E-state index contributed by atoms with van der Waals surface area (Å²) in [5, 5.41) is 0. The van der Waals surface area contributed by atoms with Gasteiger partial charge in [-0.05, 0) is 0 Å². The van der Waals surface area contributed by atoms with Gasteiger partial charge in [0.25, 0.3) is 0 Å². The summed E-state index contributed by atoms with van der Waals surface area (Å²) in [6.07, 6.45) is 4.00. The van der Waals surface area contributed by atoms with E-state index in [9.17, 15) is 0 Å². The predicted molar refractivity (Wildman–Crippen MR) is 36.6 cm³/mol. The molecule has 0 aliphatic rings. The molecule has 48 valence electrons. The summed E-state index contributed by atoms with van der Waals surface area (Å²) in [6.45, 7) is 8.00. The van der Waals surface area contributed by atoms with Gasteiger partial charge in [0.1, 0.15) is 0 Å². The molecule has 0 unspecified atom stereocenters. The average Bonchev–Trinajstić information content (AvgIpc) is 1.39. The third-order valence-corrected chi connectivity index (χ3v) is 0. The van der Waals surface area contributed by atoms with E-state index in [1.807, 2.05) is 40.5 Å². The van der Waals surface area contributed by atoms with Crippen LogP contribution in [0.15, 0.2) is 0 Å². The van der Waals surface area contributed by atoms with Gasteiger partial charge in [0.15, 0.2) is 0 Å². The van der Waals surface area contributed by atoms with Gasteiger partial charge in [0.05, 0.1) is 0 Å². The van der Waals surface area contributed by atoms with Crippen LogP contribution in [-0.4, -0.2) is 0 Å². The van der Waals surface area contributed by atoms with Crippen molar-refractivity contribution in [3.05, 3.63) is 19.0 Å². The zero-order chi connectivity index (χ0) is 5.41. The van der Waals surface area contributed by atoms with E-state index in [4.69, 9.17) is 0 Å². The summed E-state index contributed by atoms with van der Waals surface area (Å²) in [5.41, 5.74) is 0. The first-order valence-electron chi connectivity index (χ1n) is 2.31. The summed E-state index contributed by atoms with van der Waals surface area (Å²) in [5.74, 6) is 0. The van der Waals surface area contributed by atoms with Gasteiger partial charge in [-0.2, -0.15) is 27.7 Å². The van der Waals surface area contributed by atoms with Crippen LogP contribution >= 0.6 is 0 Å². The molecule has 0 aromatic carbocycles. The molecule has 0 rings (SSSR count). The maximum Gasteiger partial charge on any atom is 1.00 e. The summed E-state index contributed by atoms with van der Waals surface area (Å²) >= 11 is 0. The van der Waals surface area contributed by atoms with Gasteiger partial charge in [-0.3, -0.25) is 0 Å². The van der Waals surface area contributed by atoms with Crippen molar-refractivity contribution < 1.29 is 51.4 Å². The van der Waals surface area contributed by atoms with Gasteiger partial charge < -0.3 is 19.0 Å². The fourth-order valence-corrected chi connectivity index (χ4v) is 0. The predicted octanol–water partition coefficient (Wildman–Crippen LogP) is 0.182. The Bertz CT molecular complexity index is 10.5.